The molecule has 0 atom stereocenters. The van der Waals surface area contributed by atoms with Crippen LogP contribution in [0.4, 0.5) is 0 Å². The van der Waals surface area contributed by atoms with Crippen molar-refractivity contribution in [1.82, 2.24) is 29.4 Å². The zero-order valence-corrected chi connectivity index (χ0v) is 16.8. The van der Waals surface area contributed by atoms with Crippen LogP contribution in [0, 0.1) is 4.77 Å². The second-order valence-corrected chi connectivity index (χ2v) is 7.15. The molecule has 0 bridgehead atoms. The van der Waals surface area contributed by atoms with E-state index in [0.29, 0.717) is 41.3 Å². The van der Waals surface area contributed by atoms with Gasteiger partial charge < -0.3 is 8.98 Å². The summed E-state index contributed by atoms with van der Waals surface area (Å²) in [6.45, 7) is 9.58. The van der Waals surface area contributed by atoms with Gasteiger partial charge in [-0.05, 0) is 50.3 Å². The first kappa shape index (κ1) is 19.5. The summed E-state index contributed by atoms with van der Waals surface area (Å²) >= 11 is 11.4. The first-order valence-electron chi connectivity index (χ1n) is 8.53. The second kappa shape index (κ2) is 8.60. The van der Waals surface area contributed by atoms with Gasteiger partial charge in [-0.3, -0.25) is 4.90 Å². The minimum absolute atomic E-state index is 0.238. The van der Waals surface area contributed by atoms with Crippen LogP contribution in [0.25, 0.3) is 11.5 Å². The van der Waals surface area contributed by atoms with Crippen molar-refractivity contribution < 1.29 is 4.42 Å². The van der Waals surface area contributed by atoms with Crippen molar-refractivity contribution in [1.29, 1.82) is 0 Å². The Morgan fingerprint density at radius 2 is 2.04 bits per heavy atom. The SMILES string of the molecule is C=CCn1cnn(CN(Cc2nnc(-c3ccc(Cl)cc3)o2)C(C)C)c1=S. The fourth-order valence-electron chi connectivity index (χ4n) is 2.50. The number of halogens is 1. The Kier molecular flexibility index (Phi) is 6.20. The lowest BCUT2D eigenvalue weighted by atomic mass is 10.2. The topological polar surface area (TPSA) is 64.9 Å². The van der Waals surface area contributed by atoms with Crippen molar-refractivity contribution in [3.05, 3.63) is 58.9 Å². The molecule has 0 aliphatic carbocycles. The molecule has 7 nitrogen and oxygen atoms in total. The number of benzene rings is 1. The van der Waals surface area contributed by atoms with E-state index in [0.717, 1.165) is 5.56 Å². The second-order valence-electron chi connectivity index (χ2n) is 6.34. The van der Waals surface area contributed by atoms with Crippen molar-refractivity contribution in [2.24, 2.45) is 0 Å². The number of hydrogen-bond donors (Lipinski definition) is 0. The third-order valence-corrected chi connectivity index (χ3v) is 4.76. The highest BCUT2D eigenvalue weighted by molar-refractivity contribution is 7.71. The first-order valence-corrected chi connectivity index (χ1v) is 9.32. The molecular weight excluding hydrogens is 384 g/mol. The van der Waals surface area contributed by atoms with Crippen LogP contribution >= 0.6 is 23.8 Å². The zero-order valence-electron chi connectivity index (χ0n) is 15.2. The van der Waals surface area contributed by atoms with Crippen molar-refractivity contribution in [2.75, 3.05) is 0 Å². The Morgan fingerprint density at radius 1 is 1.30 bits per heavy atom. The van der Waals surface area contributed by atoms with E-state index >= 15 is 0 Å². The Bertz CT molecular complexity index is 959. The molecule has 0 amide bonds. The molecule has 0 saturated heterocycles. The molecule has 0 N–H and O–H groups in total. The van der Waals surface area contributed by atoms with Crippen molar-refractivity contribution >= 4 is 23.8 Å². The van der Waals surface area contributed by atoms with E-state index in [1.165, 1.54) is 0 Å². The number of rotatable bonds is 8. The monoisotopic (exact) mass is 404 g/mol. The van der Waals surface area contributed by atoms with E-state index in [9.17, 15) is 0 Å². The van der Waals surface area contributed by atoms with E-state index in [-0.39, 0.29) is 6.04 Å². The molecule has 0 unspecified atom stereocenters. The molecule has 3 aromatic rings. The van der Waals surface area contributed by atoms with Crippen LogP contribution in [0.1, 0.15) is 19.7 Å². The lowest BCUT2D eigenvalue weighted by Crippen LogP contribution is -2.33. The lowest BCUT2D eigenvalue weighted by Gasteiger charge is -2.24. The van der Waals surface area contributed by atoms with Gasteiger partial charge >= 0.3 is 0 Å². The summed E-state index contributed by atoms with van der Waals surface area (Å²) in [7, 11) is 0. The molecule has 0 aliphatic heterocycles. The summed E-state index contributed by atoms with van der Waals surface area (Å²) in [5.74, 6) is 1.00. The van der Waals surface area contributed by atoms with E-state index in [4.69, 9.17) is 28.2 Å². The molecule has 0 spiro atoms. The molecule has 142 valence electrons. The van der Waals surface area contributed by atoms with E-state index < -0.39 is 0 Å². The van der Waals surface area contributed by atoms with Gasteiger partial charge in [-0.1, -0.05) is 17.7 Å². The summed E-state index contributed by atoms with van der Waals surface area (Å²) in [5.41, 5.74) is 0.833. The summed E-state index contributed by atoms with van der Waals surface area (Å²) in [6.07, 6.45) is 3.51. The third-order valence-electron chi connectivity index (χ3n) is 4.06. The van der Waals surface area contributed by atoms with Crippen LogP contribution in [-0.2, 0) is 19.8 Å². The van der Waals surface area contributed by atoms with Gasteiger partial charge in [0.05, 0.1) is 13.2 Å². The Morgan fingerprint density at radius 3 is 2.70 bits per heavy atom. The quantitative estimate of drug-likeness (QED) is 0.414. The molecule has 2 aromatic heterocycles. The van der Waals surface area contributed by atoms with Crippen LogP contribution in [-0.4, -0.2) is 35.5 Å². The molecule has 0 radical (unpaired) electrons. The molecule has 9 heteroatoms. The van der Waals surface area contributed by atoms with E-state index in [1.807, 2.05) is 16.7 Å². The van der Waals surface area contributed by atoms with Gasteiger partial charge in [0.2, 0.25) is 11.8 Å². The Balaban J connectivity index is 1.74. The average molecular weight is 405 g/mol. The summed E-state index contributed by atoms with van der Waals surface area (Å²) < 4.78 is 10.1. The van der Waals surface area contributed by atoms with Gasteiger partial charge in [0.25, 0.3) is 0 Å². The predicted octanol–water partition coefficient (Wildman–Crippen LogP) is 4.17. The molecule has 27 heavy (non-hydrogen) atoms. The number of nitrogens with zero attached hydrogens (tertiary/aromatic N) is 6. The average Bonchev–Trinajstić information content (AvgIpc) is 3.24. The maximum Gasteiger partial charge on any atom is 0.247 e. The highest BCUT2D eigenvalue weighted by Crippen LogP contribution is 2.21. The highest BCUT2D eigenvalue weighted by atomic mass is 35.5. The Hall–Kier alpha value is -2.29. The molecule has 2 heterocycles. The predicted molar refractivity (Wildman–Crippen MR) is 107 cm³/mol. The zero-order chi connectivity index (χ0) is 19.4. The molecule has 0 fully saturated rings. The van der Waals surface area contributed by atoms with Gasteiger partial charge in [0.15, 0.2) is 4.77 Å². The number of hydrogen-bond acceptors (Lipinski definition) is 6. The van der Waals surface area contributed by atoms with Gasteiger partial charge in [0.1, 0.15) is 6.33 Å². The lowest BCUT2D eigenvalue weighted by molar-refractivity contribution is 0.139. The number of allylic oxidation sites excluding steroid dienone is 1. The summed E-state index contributed by atoms with van der Waals surface area (Å²) in [5, 5.41) is 13.3. The minimum atomic E-state index is 0.238. The molecular formula is C18H21ClN6OS. The van der Waals surface area contributed by atoms with Crippen LogP contribution in [0.2, 0.25) is 5.02 Å². The maximum atomic E-state index is 5.92. The molecule has 0 saturated carbocycles. The summed E-state index contributed by atoms with van der Waals surface area (Å²) in [6, 6.07) is 7.53. The maximum absolute atomic E-state index is 5.92. The third kappa shape index (κ3) is 4.71. The Labute approximate surface area is 167 Å². The van der Waals surface area contributed by atoms with Crippen molar-refractivity contribution in [2.45, 2.75) is 39.6 Å². The van der Waals surface area contributed by atoms with E-state index in [2.05, 4.69) is 40.6 Å². The summed E-state index contributed by atoms with van der Waals surface area (Å²) in [4.78, 5) is 2.15. The number of aromatic nitrogens is 5. The van der Waals surface area contributed by atoms with Crippen LogP contribution in [0.15, 0.2) is 47.7 Å². The molecule has 1 aromatic carbocycles. The highest BCUT2D eigenvalue weighted by Gasteiger charge is 2.17. The normalized spacial score (nSPS) is 11.4. The molecule has 0 aliphatic rings. The van der Waals surface area contributed by atoms with Gasteiger partial charge in [-0.25, -0.2) is 4.68 Å². The van der Waals surface area contributed by atoms with Crippen LogP contribution in [0.3, 0.4) is 0 Å². The largest absolute Gasteiger partial charge is 0.419 e. The fraction of sp³-hybridized carbons (Fsp3) is 0.333. The van der Waals surface area contributed by atoms with Crippen LogP contribution in [0.5, 0.6) is 0 Å². The minimum Gasteiger partial charge on any atom is -0.419 e. The van der Waals surface area contributed by atoms with Gasteiger partial charge in [-0.15, -0.1) is 16.8 Å². The van der Waals surface area contributed by atoms with Gasteiger partial charge in [0, 0.05) is 23.2 Å². The standard InChI is InChI=1S/C18H21ClN6OS/c1-4-9-23-11-20-25(18(23)27)12-24(13(2)3)10-16-21-22-17(26-16)14-5-7-15(19)8-6-14/h4-8,11,13H,1,9-10,12H2,2-3H3. The smallest absolute Gasteiger partial charge is 0.247 e. The molecule has 3 rings (SSSR count). The van der Waals surface area contributed by atoms with E-state index in [1.54, 1.807) is 29.2 Å². The van der Waals surface area contributed by atoms with Gasteiger partial charge in [-0.2, -0.15) is 5.10 Å². The fourth-order valence-corrected chi connectivity index (χ4v) is 2.85. The first-order chi connectivity index (χ1) is 13.0. The van der Waals surface area contributed by atoms with Crippen molar-refractivity contribution in [3.8, 4) is 11.5 Å². The van der Waals surface area contributed by atoms with Crippen molar-refractivity contribution in [3.63, 3.8) is 0 Å². The van der Waals surface area contributed by atoms with Crippen LogP contribution < -0.4 is 0 Å².